The molecule has 0 saturated heterocycles. The van der Waals surface area contributed by atoms with E-state index in [0.717, 1.165) is 12.0 Å². The van der Waals surface area contributed by atoms with Crippen LogP contribution < -0.4 is 15.2 Å². The first kappa shape index (κ1) is 18.5. The maximum Gasteiger partial charge on any atom is 0.251 e. The lowest BCUT2D eigenvalue weighted by Crippen LogP contribution is -2.34. The molecule has 0 saturated carbocycles. The summed E-state index contributed by atoms with van der Waals surface area (Å²) in [6.45, 7) is 4.57. The summed E-state index contributed by atoms with van der Waals surface area (Å²) in [6, 6.07) is 13.5. The van der Waals surface area contributed by atoms with Gasteiger partial charge in [0.15, 0.2) is 0 Å². The minimum atomic E-state index is -1.22. The quantitative estimate of drug-likeness (QED) is 0.800. The number of carboxylic acid groups (broad SMARTS) is 1. The highest BCUT2D eigenvalue weighted by Crippen LogP contribution is 2.21. The molecule has 0 unspecified atom stereocenters. The van der Waals surface area contributed by atoms with Gasteiger partial charge in [0.2, 0.25) is 0 Å². The van der Waals surface area contributed by atoms with Crippen molar-refractivity contribution in [3.05, 3.63) is 65.2 Å². The predicted octanol–water partition coefficient (Wildman–Crippen LogP) is 2.39. The highest BCUT2D eigenvalue weighted by molar-refractivity contribution is 5.94. The first-order valence-electron chi connectivity index (χ1n) is 8.29. The largest absolute Gasteiger partial charge is 0.550 e. The van der Waals surface area contributed by atoms with Crippen molar-refractivity contribution < 1.29 is 19.4 Å². The summed E-state index contributed by atoms with van der Waals surface area (Å²) >= 11 is 0. The van der Waals surface area contributed by atoms with E-state index in [2.05, 4.69) is 5.32 Å². The van der Waals surface area contributed by atoms with Crippen LogP contribution in [0.3, 0.4) is 0 Å². The Hall–Kier alpha value is -2.82. The van der Waals surface area contributed by atoms with Crippen LogP contribution in [0.25, 0.3) is 0 Å². The molecule has 0 aromatic heterocycles. The van der Waals surface area contributed by atoms with Crippen LogP contribution in [-0.4, -0.2) is 18.5 Å². The number of amides is 1. The van der Waals surface area contributed by atoms with Gasteiger partial charge in [-0.05, 0) is 43.2 Å². The third kappa shape index (κ3) is 5.64. The predicted molar refractivity (Wildman–Crippen MR) is 93.2 cm³/mol. The molecule has 0 heterocycles. The van der Waals surface area contributed by atoms with E-state index in [0.29, 0.717) is 23.5 Å². The number of rotatable bonds is 8. The van der Waals surface area contributed by atoms with Crippen molar-refractivity contribution in [2.75, 3.05) is 6.61 Å². The van der Waals surface area contributed by atoms with Gasteiger partial charge >= 0.3 is 0 Å². The number of nitrogens with one attached hydrogen (secondary N) is 1. The number of carbonyl (C=O) groups excluding carboxylic acids is 2. The third-order valence-electron chi connectivity index (χ3n) is 3.75. The van der Waals surface area contributed by atoms with Crippen molar-refractivity contribution in [2.24, 2.45) is 0 Å². The summed E-state index contributed by atoms with van der Waals surface area (Å²) in [5.41, 5.74) is 2.22. The summed E-state index contributed by atoms with van der Waals surface area (Å²) in [5, 5.41) is 13.8. The number of aliphatic carboxylic acids is 1. The fourth-order valence-electron chi connectivity index (χ4n) is 2.38. The lowest BCUT2D eigenvalue weighted by Gasteiger charge is -2.20. The van der Waals surface area contributed by atoms with Crippen LogP contribution in [-0.2, 0) is 4.79 Å². The Balaban J connectivity index is 2.13. The average Bonchev–Trinajstić information content (AvgIpc) is 2.60. The third-order valence-corrected chi connectivity index (χ3v) is 3.75. The number of carboxylic acids is 1. The fraction of sp³-hybridized carbons (Fsp3) is 0.300. The molecule has 2 aromatic carbocycles. The van der Waals surface area contributed by atoms with Gasteiger partial charge < -0.3 is 20.0 Å². The highest BCUT2D eigenvalue weighted by atomic mass is 16.5. The molecular weight excluding hydrogens is 318 g/mol. The van der Waals surface area contributed by atoms with Gasteiger partial charge in [-0.25, -0.2) is 0 Å². The maximum absolute atomic E-state index is 12.4. The van der Waals surface area contributed by atoms with Crippen molar-refractivity contribution in [1.29, 1.82) is 0 Å². The molecule has 0 fully saturated rings. The zero-order valence-corrected chi connectivity index (χ0v) is 14.5. The van der Waals surface area contributed by atoms with Gasteiger partial charge in [0.1, 0.15) is 5.75 Å². The average molecular weight is 340 g/mol. The summed E-state index contributed by atoms with van der Waals surface area (Å²) in [4.78, 5) is 23.4. The molecule has 2 aromatic rings. The molecule has 1 amide bonds. The second-order valence-electron chi connectivity index (χ2n) is 5.89. The molecular formula is C20H22NO4-. The molecule has 5 nitrogen and oxygen atoms in total. The number of ether oxygens (including phenoxy) is 1. The number of hydrogen-bond donors (Lipinski definition) is 1. The molecule has 1 N–H and O–H groups in total. The van der Waals surface area contributed by atoms with Gasteiger partial charge in [-0.3, -0.25) is 4.79 Å². The second-order valence-corrected chi connectivity index (χ2v) is 5.89. The van der Waals surface area contributed by atoms with E-state index in [9.17, 15) is 14.7 Å². The van der Waals surface area contributed by atoms with E-state index in [1.807, 2.05) is 26.0 Å². The van der Waals surface area contributed by atoms with E-state index >= 15 is 0 Å². The number of hydrogen-bond acceptors (Lipinski definition) is 4. The monoisotopic (exact) mass is 340 g/mol. The van der Waals surface area contributed by atoms with E-state index in [4.69, 9.17) is 4.74 Å². The zero-order valence-electron chi connectivity index (χ0n) is 14.5. The number of benzene rings is 2. The molecule has 0 spiro atoms. The van der Waals surface area contributed by atoms with Crippen LogP contribution in [0.2, 0.25) is 0 Å². The van der Waals surface area contributed by atoms with Crippen LogP contribution in [0.4, 0.5) is 0 Å². The summed E-state index contributed by atoms with van der Waals surface area (Å²) in [5.74, 6) is -0.833. The number of aryl methyl sites for hydroxylation is 1. The Morgan fingerprint density at radius 2 is 1.72 bits per heavy atom. The lowest BCUT2D eigenvalue weighted by molar-refractivity contribution is -0.306. The Kier molecular flexibility index (Phi) is 6.57. The highest BCUT2D eigenvalue weighted by Gasteiger charge is 2.16. The first-order valence-corrected chi connectivity index (χ1v) is 8.29. The molecule has 0 aliphatic rings. The minimum absolute atomic E-state index is 0.299. The number of carbonyl (C=O) groups is 2. The molecule has 0 aliphatic carbocycles. The van der Waals surface area contributed by atoms with Crippen molar-refractivity contribution in [2.45, 2.75) is 32.7 Å². The van der Waals surface area contributed by atoms with Crippen molar-refractivity contribution in [3.63, 3.8) is 0 Å². The molecule has 1 atom stereocenters. The van der Waals surface area contributed by atoms with Gasteiger partial charge in [0.05, 0.1) is 12.6 Å². The topological polar surface area (TPSA) is 78.5 Å². The van der Waals surface area contributed by atoms with Gasteiger partial charge in [0, 0.05) is 18.0 Å². The second kappa shape index (κ2) is 8.87. The van der Waals surface area contributed by atoms with E-state index in [-0.39, 0.29) is 12.3 Å². The smallest absolute Gasteiger partial charge is 0.251 e. The van der Waals surface area contributed by atoms with E-state index in [1.54, 1.807) is 36.4 Å². The van der Waals surface area contributed by atoms with Crippen LogP contribution >= 0.6 is 0 Å². The van der Waals surface area contributed by atoms with Crippen LogP contribution in [0.5, 0.6) is 5.75 Å². The maximum atomic E-state index is 12.4. The summed E-state index contributed by atoms with van der Waals surface area (Å²) in [7, 11) is 0. The van der Waals surface area contributed by atoms with Crippen LogP contribution in [0, 0.1) is 6.92 Å². The Morgan fingerprint density at radius 3 is 2.28 bits per heavy atom. The van der Waals surface area contributed by atoms with E-state index in [1.165, 1.54) is 0 Å². The fourth-order valence-corrected chi connectivity index (χ4v) is 2.38. The SMILES string of the molecule is CCCOc1ccc([C@H](CC(=O)[O-])NC(=O)c2ccc(C)cc2)cc1. The van der Waals surface area contributed by atoms with Crippen LogP contribution in [0.1, 0.15) is 47.3 Å². The minimum Gasteiger partial charge on any atom is -0.550 e. The Morgan fingerprint density at radius 1 is 1.08 bits per heavy atom. The van der Waals surface area contributed by atoms with Gasteiger partial charge in [-0.1, -0.05) is 36.8 Å². The standard InChI is InChI=1S/C20H23NO4/c1-3-12-25-17-10-8-15(9-11-17)18(13-19(22)23)21-20(24)16-6-4-14(2)5-7-16/h4-11,18H,3,12-13H2,1-2H3,(H,21,24)(H,22,23)/p-1/t18-/m0/s1. The Bertz CT molecular complexity index is 707. The first-order chi connectivity index (χ1) is 12.0. The zero-order chi connectivity index (χ0) is 18.2. The van der Waals surface area contributed by atoms with Crippen molar-refractivity contribution in [1.82, 2.24) is 5.32 Å². The summed E-state index contributed by atoms with van der Waals surface area (Å²) < 4.78 is 5.52. The van der Waals surface area contributed by atoms with Crippen molar-refractivity contribution in [3.8, 4) is 5.75 Å². The Labute approximate surface area is 147 Å². The molecule has 2 rings (SSSR count). The molecule has 0 radical (unpaired) electrons. The van der Waals surface area contributed by atoms with E-state index < -0.39 is 12.0 Å². The van der Waals surface area contributed by atoms with Gasteiger partial charge in [-0.2, -0.15) is 0 Å². The normalized spacial score (nSPS) is 11.6. The molecule has 0 bridgehead atoms. The lowest BCUT2D eigenvalue weighted by atomic mass is 10.0. The molecule has 5 heteroatoms. The summed E-state index contributed by atoms with van der Waals surface area (Å²) in [6.07, 6.45) is 0.606. The molecule has 132 valence electrons. The molecule has 0 aliphatic heterocycles. The molecule has 25 heavy (non-hydrogen) atoms. The van der Waals surface area contributed by atoms with Gasteiger partial charge in [0.25, 0.3) is 5.91 Å². The van der Waals surface area contributed by atoms with Gasteiger partial charge in [-0.15, -0.1) is 0 Å². The van der Waals surface area contributed by atoms with Crippen molar-refractivity contribution >= 4 is 11.9 Å². The van der Waals surface area contributed by atoms with Crippen LogP contribution in [0.15, 0.2) is 48.5 Å².